The van der Waals surface area contributed by atoms with Gasteiger partial charge in [0.2, 0.25) is 0 Å². The van der Waals surface area contributed by atoms with Crippen molar-refractivity contribution in [3.63, 3.8) is 0 Å². The minimum absolute atomic E-state index is 0.0137. The lowest BCUT2D eigenvalue weighted by atomic mass is 10.5. The van der Waals surface area contributed by atoms with Gasteiger partial charge in [0.1, 0.15) is 12.4 Å². The van der Waals surface area contributed by atoms with Gasteiger partial charge in [-0.05, 0) is 6.42 Å². The Labute approximate surface area is 46.6 Å². The molecule has 3 nitrogen and oxygen atoms in total. The highest BCUT2D eigenvalue weighted by atomic mass is 16.5. The first-order valence-corrected chi connectivity index (χ1v) is 2.43. The zero-order valence-corrected chi connectivity index (χ0v) is 4.24. The summed E-state index contributed by atoms with van der Waals surface area (Å²) in [5.74, 6) is -0.0137. The van der Waals surface area contributed by atoms with Crippen molar-refractivity contribution >= 4 is 12.8 Å². The summed E-state index contributed by atoms with van der Waals surface area (Å²) in [6.07, 6.45) is 1.42. The van der Waals surface area contributed by atoms with Gasteiger partial charge < -0.3 is 9.53 Å². The predicted molar refractivity (Wildman–Crippen MR) is 25.1 cm³/mol. The lowest BCUT2D eigenvalue weighted by molar-refractivity contribution is -0.130. The van der Waals surface area contributed by atoms with Crippen LogP contribution in [0.4, 0.5) is 0 Å². The molecule has 0 saturated heterocycles. The van der Waals surface area contributed by atoms with Gasteiger partial charge >= 0.3 is 0 Å². The second-order valence-corrected chi connectivity index (χ2v) is 1.81. The molecule has 0 aromatic heterocycles. The number of aldehydes is 1. The third-order valence-electron chi connectivity index (χ3n) is 1.18. The summed E-state index contributed by atoms with van der Waals surface area (Å²) in [5, 5.41) is 0. The first kappa shape index (κ1) is 5.28. The molecule has 8 heavy (non-hydrogen) atoms. The maximum atomic E-state index is 9.86. The Balaban J connectivity index is 2.16. The second-order valence-electron chi connectivity index (χ2n) is 1.81. The monoisotopic (exact) mass is 114 g/mol. The molecular formula is C5H6O3. The normalized spacial score (nSPS) is 33.5. The SMILES string of the molecule is O=CO[C@H]1C[C@H]1C=O. The largest absolute Gasteiger partial charge is 0.464 e. The summed E-state index contributed by atoms with van der Waals surface area (Å²) in [4.78, 5) is 19.4. The third kappa shape index (κ3) is 0.857. The molecule has 0 amide bonds. The van der Waals surface area contributed by atoms with E-state index in [4.69, 9.17) is 0 Å². The molecule has 44 valence electrons. The average Bonchev–Trinajstić information content (AvgIpc) is 2.48. The van der Waals surface area contributed by atoms with Gasteiger partial charge in [0.15, 0.2) is 0 Å². The van der Waals surface area contributed by atoms with Crippen LogP contribution < -0.4 is 0 Å². The molecule has 1 aliphatic carbocycles. The number of carbonyl (C=O) groups is 2. The molecule has 3 heteroatoms. The van der Waals surface area contributed by atoms with Crippen molar-refractivity contribution in [3.8, 4) is 0 Å². The molecule has 0 aromatic rings. The number of hydrogen-bond acceptors (Lipinski definition) is 3. The van der Waals surface area contributed by atoms with E-state index in [0.29, 0.717) is 12.9 Å². The van der Waals surface area contributed by atoms with Crippen LogP contribution in [-0.4, -0.2) is 18.9 Å². The van der Waals surface area contributed by atoms with E-state index in [0.717, 1.165) is 6.29 Å². The quantitative estimate of drug-likeness (QED) is 0.475. The van der Waals surface area contributed by atoms with E-state index in [1.165, 1.54) is 0 Å². The predicted octanol–water partition coefficient (Wildman–Crippen LogP) is -0.253. The number of rotatable bonds is 3. The first-order chi connectivity index (χ1) is 3.88. The molecule has 1 saturated carbocycles. The zero-order valence-electron chi connectivity index (χ0n) is 4.24. The maximum Gasteiger partial charge on any atom is 0.293 e. The standard InChI is InChI=1S/C5H6O3/c6-2-4-1-5(4)8-3-7/h2-5H,1H2/t4-,5-/m0/s1. The van der Waals surface area contributed by atoms with Crippen LogP contribution in [0.1, 0.15) is 6.42 Å². The van der Waals surface area contributed by atoms with E-state index in [1.54, 1.807) is 0 Å². The van der Waals surface area contributed by atoms with Crippen molar-refractivity contribution in [1.29, 1.82) is 0 Å². The topological polar surface area (TPSA) is 43.4 Å². The summed E-state index contributed by atoms with van der Waals surface area (Å²) in [5.41, 5.74) is 0. The molecule has 0 aromatic carbocycles. The van der Waals surface area contributed by atoms with Crippen molar-refractivity contribution in [1.82, 2.24) is 0 Å². The molecule has 1 aliphatic rings. The fourth-order valence-corrected chi connectivity index (χ4v) is 0.561. The lowest BCUT2D eigenvalue weighted by Gasteiger charge is -1.86. The Morgan fingerprint density at radius 2 is 2.25 bits per heavy atom. The van der Waals surface area contributed by atoms with Gasteiger partial charge in [-0.2, -0.15) is 0 Å². The molecule has 0 unspecified atom stereocenters. The highest BCUT2D eigenvalue weighted by Gasteiger charge is 2.38. The van der Waals surface area contributed by atoms with Crippen LogP contribution in [0, 0.1) is 5.92 Å². The molecule has 0 N–H and O–H groups in total. The van der Waals surface area contributed by atoms with Crippen LogP contribution in [0.3, 0.4) is 0 Å². The van der Waals surface area contributed by atoms with Gasteiger partial charge in [-0.15, -0.1) is 0 Å². The maximum absolute atomic E-state index is 9.86. The van der Waals surface area contributed by atoms with E-state index < -0.39 is 0 Å². The van der Waals surface area contributed by atoms with Crippen LogP contribution in [0.5, 0.6) is 0 Å². The van der Waals surface area contributed by atoms with Crippen molar-refractivity contribution in [3.05, 3.63) is 0 Å². The summed E-state index contributed by atoms with van der Waals surface area (Å²) >= 11 is 0. The smallest absolute Gasteiger partial charge is 0.293 e. The van der Waals surface area contributed by atoms with Gasteiger partial charge in [-0.1, -0.05) is 0 Å². The van der Waals surface area contributed by atoms with Crippen LogP contribution >= 0.6 is 0 Å². The van der Waals surface area contributed by atoms with E-state index in [2.05, 4.69) is 4.74 Å². The first-order valence-electron chi connectivity index (χ1n) is 2.43. The van der Waals surface area contributed by atoms with Crippen LogP contribution in [0.15, 0.2) is 0 Å². The molecule has 0 aliphatic heterocycles. The van der Waals surface area contributed by atoms with Crippen molar-refractivity contribution in [2.24, 2.45) is 5.92 Å². The minimum atomic E-state index is -0.106. The zero-order chi connectivity index (χ0) is 5.98. The summed E-state index contributed by atoms with van der Waals surface area (Å²) in [7, 11) is 0. The number of ether oxygens (including phenoxy) is 1. The molecule has 0 bridgehead atoms. The van der Waals surface area contributed by atoms with Gasteiger partial charge in [0, 0.05) is 0 Å². The van der Waals surface area contributed by atoms with E-state index >= 15 is 0 Å². The average molecular weight is 114 g/mol. The second kappa shape index (κ2) is 1.94. The molecule has 2 atom stereocenters. The molecule has 0 radical (unpaired) electrons. The summed E-state index contributed by atoms with van der Waals surface area (Å²) in [6, 6.07) is 0. The van der Waals surface area contributed by atoms with E-state index in [9.17, 15) is 9.59 Å². The Hall–Kier alpha value is -0.860. The Kier molecular flexibility index (Phi) is 1.28. The fraction of sp³-hybridized carbons (Fsp3) is 0.600. The third-order valence-corrected chi connectivity index (χ3v) is 1.18. The summed E-state index contributed by atoms with van der Waals surface area (Å²) < 4.78 is 4.44. The highest BCUT2D eigenvalue weighted by molar-refractivity contribution is 5.59. The Morgan fingerprint density at radius 1 is 1.50 bits per heavy atom. The molecule has 0 heterocycles. The van der Waals surface area contributed by atoms with Gasteiger partial charge in [0.25, 0.3) is 6.47 Å². The Morgan fingerprint density at radius 3 is 2.62 bits per heavy atom. The molecule has 1 rings (SSSR count). The van der Waals surface area contributed by atoms with Crippen LogP contribution in [0.2, 0.25) is 0 Å². The minimum Gasteiger partial charge on any atom is -0.464 e. The van der Waals surface area contributed by atoms with Gasteiger partial charge in [-0.25, -0.2) is 0 Å². The lowest BCUT2D eigenvalue weighted by Crippen LogP contribution is -1.93. The molecule has 1 fully saturated rings. The highest BCUT2D eigenvalue weighted by Crippen LogP contribution is 2.30. The summed E-state index contributed by atoms with van der Waals surface area (Å²) in [6.45, 7) is 0.383. The van der Waals surface area contributed by atoms with E-state index in [1.807, 2.05) is 0 Å². The molecule has 0 spiro atoms. The van der Waals surface area contributed by atoms with Crippen molar-refractivity contribution < 1.29 is 14.3 Å². The number of hydrogen-bond donors (Lipinski definition) is 0. The van der Waals surface area contributed by atoms with Gasteiger partial charge in [-0.3, -0.25) is 4.79 Å². The van der Waals surface area contributed by atoms with E-state index in [-0.39, 0.29) is 12.0 Å². The van der Waals surface area contributed by atoms with Crippen molar-refractivity contribution in [2.75, 3.05) is 0 Å². The fourth-order valence-electron chi connectivity index (χ4n) is 0.561. The van der Waals surface area contributed by atoms with Gasteiger partial charge in [0.05, 0.1) is 5.92 Å². The number of carbonyl (C=O) groups excluding carboxylic acids is 2. The Bertz CT molecular complexity index is 110. The molecular weight excluding hydrogens is 108 g/mol. The van der Waals surface area contributed by atoms with Crippen LogP contribution in [-0.2, 0) is 14.3 Å². The van der Waals surface area contributed by atoms with Crippen LogP contribution in [0.25, 0.3) is 0 Å². The van der Waals surface area contributed by atoms with Crippen molar-refractivity contribution in [2.45, 2.75) is 12.5 Å².